The fourth-order valence-electron chi connectivity index (χ4n) is 1.83. The van der Waals surface area contributed by atoms with Gasteiger partial charge in [-0.25, -0.2) is 0 Å². The summed E-state index contributed by atoms with van der Waals surface area (Å²) in [6.07, 6.45) is 0.476. The summed E-state index contributed by atoms with van der Waals surface area (Å²) in [5.41, 5.74) is 0.498. The van der Waals surface area contributed by atoms with E-state index in [0.717, 1.165) is 0 Å². The topological polar surface area (TPSA) is 86.5 Å². The van der Waals surface area contributed by atoms with E-state index in [1.165, 1.54) is 20.1 Å². The number of nitro groups is 1. The van der Waals surface area contributed by atoms with Gasteiger partial charge in [-0.1, -0.05) is 18.2 Å². The minimum Gasteiger partial charge on any atom is -0.468 e. The number of carbonyl (C=O) groups excluding carboxylic acids is 2. The Hall–Kier alpha value is -2.24. The van der Waals surface area contributed by atoms with Gasteiger partial charge in [0.05, 0.1) is 12.0 Å². The van der Waals surface area contributed by atoms with Gasteiger partial charge in [-0.05, 0) is 19.8 Å². The maximum Gasteiger partial charge on any atom is 0.316 e. The van der Waals surface area contributed by atoms with E-state index in [9.17, 15) is 19.7 Å². The number of nitro benzene ring substituents is 1. The van der Waals surface area contributed by atoms with E-state index in [2.05, 4.69) is 4.74 Å². The third kappa shape index (κ3) is 3.87. The van der Waals surface area contributed by atoms with Crippen molar-refractivity contribution in [1.29, 1.82) is 0 Å². The van der Waals surface area contributed by atoms with Crippen molar-refractivity contribution in [3.8, 4) is 0 Å². The number of hydrogen-bond acceptors (Lipinski definition) is 5. The summed E-state index contributed by atoms with van der Waals surface area (Å²) in [6, 6.07) is 6.27. The Kier molecular flexibility index (Phi) is 5.17. The molecular weight excluding hydrogens is 250 g/mol. The largest absolute Gasteiger partial charge is 0.468 e. The van der Waals surface area contributed by atoms with Crippen LogP contribution in [0.15, 0.2) is 24.3 Å². The summed E-state index contributed by atoms with van der Waals surface area (Å²) in [4.78, 5) is 33.1. The summed E-state index contributed by atoms with van der Waals surface area (Å²) in [5.74, 6) is -1.78. The molecule has 0 fully saturated rings. The van der Waals surface area contributed by atoms with Crippen LogP contribution in [-0.4, -0.2) is 23.8 Å². The predicted octanol–water partition coefficient (Wildman–Crippen LogP) is 1.91. The third-order valence-electron chi connectivity index (χ3n) is 2.87. The molecule has 0 N–H and O–H groups in total. The predicted molar refractivity (Wildman–Crippen MR) is 67.6 cm³/mol. The van der Waals surface area contributed by atoms with Gasteiger partial charge in [0.25, 0.3) is 5.69 Å². The summed E-state index contributed by atoms with van der Waals surface area (Å²) in [6.45, 7) is 1.31. The molecule has 1 rings (SSSR count). The molecule has 0 spiro atoms. The number of carbonyl (C=O) groups is 2. The molecule has 0 aliphatic rings. The molecule has 102 valence electrons. The first-order valence-electron chi connectivity index (χ1n) is 5.78. The van der Waals surface area contributed by atoms with Crippen LogP contribution < -0.4 is 0 Å². The molecule has 6 heteroatoms. The number of benzene rings is 1. The molecule has 0 amide bonds. The molecule has 0 radical (unpaired) electrons. The van der Waals surface area contributed by atoms with Gasteiger partial charge in [0.15, 0.2) is 0 Å². The van der Waals surface area contributed by atoms with Gasteiger partial charge < -0.3 is 4.74 Å². The van der Waals surface area contributed by atoms with E-state index in [-0.39, 0.29) is 24.3 Å². The molecule has 1 unspecified atom stereocenters. The number of methoxy groups -OCH3 is 1. The van der Waals surface area contributed by atoms with Crippen molar-refractivity contribution in [2.45, 2.75) is 19.8 Å². The highest BCUT2D eigenvalue weighted by Crippen LogP contribution is 2.21. The first-order chi connectivity index (χ1) is 8.97. The maximum atomic E-state index is 11.4. The molecule has 0 bridgehead atoms. The average Bonchev–Trinajstić information content (AvgIpc) is 2.38. The number of hydrogen-bond donors (Lipinski definition) is 0. The summed E-state index contributed by atoms with van der Waals surface area (Å²) < 4.78 is 4.55. The summed E-state index contributed by atoms with van der Waals surface area (Å²) >= 11 is 0. The fraction of sp³-hybridized carbons (Fsp3) is 0.385. The molecule has 1 aromatic carbocycles. The number of aryl methyl sites for hydroxylation is 1. The highest BCUT2D eigenvalue weighted by Gasteiger charge is 2.25. The molecule has 1 aromatic rings. The minimum absolute atomic E-state index is 0.00494. The second kappa shape index (κ2) is 6.63. The lowest BCUT2D eigenvalue weighted by Gasteiger charge is -2.11. The highest BCUT2D eigenvalue weighted by atomic mass is 16.6. The first-order valence-corrected chi connectivity index (χ1v) is 5.78. The standard InChI is InChI=1S/C13H15NO5/c1-9(15)11(13(16)19-2)8-7-10-5-3-4-6-12(10)14(17)18/h3-6,11H,7-8H2,1-2H3. The van der Waals surface area contributed by atoms with Crippen LogP contribution in [0.25, 0.3) is 0 Å². The molecule has 0 saturated heterocycles. The molecular formula is C13H15NO5. The summed E-state index contributed by atoms with van der Waals surface area (Å²) in [5, 5.41) is 10.8. The molecule has 1 atom stereocenters. The number of para-hydroxylation sites is 1. The van der Waals surface area contributed by atoms with E-state index < -0.39 is 16.8 Å². The lowest BCUT2D eigenvalue weighted by atomic mass is 9.95. The Morgan fingerprint density at radius 2 is 2.00 bits per heavy atom. The zero-order chi connectivity index (χ0) is 14.4. The fourth-order valence-corrected chi connectivity index (χ4v) is 1.83. The zero-order valence-electron chi connectivity index (χ0n) is 10.8. The van der Waals surface area contributed by atoms with Crippen LogP contribution in [0, 0.1) is 16.0 Å². The Morgan fingerprint density at radius 3 is 2.53 bits per heavy atom. The van der Waals surface area contributed by atoms with Crippen molar-refractivity contribution in [1.82, 2.24) is 0 Å². The zero-order valence-corrected chi connectivity index (χ0v) is 10.8. The van der Waals surface area contributed by atoms with Crippen LogP contribution in [0.3, 0.4) is 0 Å². The van der Waals surface area contributed by atoms with Crippen LogP contribution >= 0.6 is 0 Å². The number of ketones is 1. The smallest absolute Gasteiger partial charge is 0.316 e. The second-order valence-corrected chi connectivity index (χ2v) is 4.11. The molecule has 0 aliphatic heterocycles. The SMILES string of the molecule is COC(=O)C(CCc1ccccc1[N+](=O)[O-])C(C)=O. The van der Waals surface area contributed by atoms with Crippen molar-refractivity contribution >= 4 is 17.4 Å². The van der Waals surface area contributed by atoms with E-state index in [0.29, 0.717) is 5.56 Å². The normalized spacial score (nSPS) is 11.7. The molecule has 6 nitrogen and oxygen atoms in total. The highest BCUT2D eigenvalue weighted by molar-refractivity contribution is 5.97. The second-order valence-electron chi connectivity index (χ2n) is 4.11. The van der Waals surface area contributed by atoms with Gasteiger partial charge in [0.1, 0.15) is 11.7 Å². The Balaban J connectivity index is 2.83. The third-order valence-corrected chi connectivity index (χ3v) is 2.87. The molecule has 0 heterocycles. The number of Topliss-reactive ketones (excluding diaryl/α,β-unsaturated/α-hetero) is 1. The molecule has 0 saturated carbocycles. The van der Waals surface area contributed by atoms with Gasteiger partial charge in [-0.3, -0.25) is 19.7 Å². The first kappa shape index (κ1) is 14.8. The monoisotopic (exact) mass is 265 g/mol. The van der Waals surface area contributed by atoms with Gasteiger partial charge in [-0.15, -0.1) is 0 Å². The van der Waals surface area contributed by atoms with Crippen molar-refractivity contribution in [2.75, 3.05) is 7.11 Å². The van der Waals surface area contributed by atoms with E-state index >= 15 is 0 Å². The van der Waals surface area contributed by atoms with Crippen molar-refractivity contribution < 1.29 is 19.2 Å². The van der Waals surface area contributed by atoms with Crippen molar-refractivity contribution in [3.05, 3.63) is 39.9 Å². The summed E-state index contributed by atoms with van der Waals surface area (Å²) in [7, 11) is 1.21. The maximum absolute atomic E-state index is 11.4. The van der Waals surface area contributed by atoms with Crippen LogP contribution in [-0.2, 0) is 20.7 Å². The number of rotatable bonds is 6. The van der Waals surface area contributed by atoms with Crippen LogP contribution in [0.4, 0.5) is 5.69 Å². The van der Waals surface area contributed by atoms with Crippen LogP contribution in [0.1, 0.15) is 18.9 Å². The Labute approximate surface area is 110 Å². The number of ether oxygens (including phenoxy) is 1. The van der Waals surface area contributed by atoms with E-state index in [1.54, 1.807) is 18.2 Å². The van der Waals surface area contributed by atoms with E-state index in [1.807, 2.05) is 0 Å². The number of nitrogens with zero attached hydrogens (tertiary/aromatic N) is 1. The van der Waals surface area contributed by atoms with Crippen molar-refractivity contribution in [3.63, 3.8) is 0 Å². The van der Waals surface area contributed by atoms with Gasteiger partial charge >= 0.3 is 5.97 Å². The average molecular weight is 265 g/mol. The van der Waals surface area contributed by atoms with Crippen LogP contribution in [0.5, 0.6) is 0 Å². The quantitative estimate of drug-likeness (QED) is 0.339. The van der Waals surface area contributed by atoms with Crippen LogP contribution in [0.2, 0.25) is 0 Å². The number of esters is 1. The Bertz CT molecular complexity index is 498. The lowest BCUT2D eigenvalue weighted by molar-refractivity contribution is -0.385. The lowest BCUT2D eigenvalue weighted by Crippen LogP contribution is -2.24. The van der Waals surface area contributed by atoms with E-state index in [4.69, 9.17) is 0 Å². The van der Waals surface area contributed by atoms with Gasteiger partial charge in [-0.2, -0.15) is 0 Å². The molecule has 0 aliphatic carbocycles. The van der Waals surface area contributed by atoms with Gasteiger partial charge in [0.2, 0.25) is 0 Å². The van der Waals surface area contributed by atoms with Gasteiger partial charge in [0, 0.05) is 11.6 Å². The Morgan fingerprint density at radius 1 is 1.37 bits per heavy atom. The minimum atomic E-state index is -0.871. The van der Waals surface area contributed by atoms with Crippen molar-refractivity contribution in [2.24, 2.45) is 5.92 Å². The molecule has 0 aromatic heterocycles. The molecule has 19 heavy (non-hydrogen) atoms.